The number of amides is 1. The normalized spacial score (nSPS) is 17.6. The van der Waals surface area contributed by atoms with Crippen molar-refractivity contribution in [2.24, 2.45) is 0 Å². The average Bonchev–Trinajstić information content (AvgIpc) is 3.05. The first-order chi connectivity index (χ1) is 15.5. The highest BCUT2D eigenvalue weighted by Gasteiger charge is 2.53. The number of aryl methyl sites for hydroxylation is 1. The van der Waals surface area contributed by atoms with Gasteiger partial charge in [0.15, 0.2) is 5.72 Å². The van der Waals surface area contributed by atoms with Gasteiger partial charge in [0.25, 0.3) is 5.91 Å². The predicted molar refractivity (Wildman–Crippen MR) is 119 cm³/mol. The molecule has 0 spiro atoms. The molecule has 6 heteroatoms. The Labute approximate surface area is 184 Å². The van der Waals surface area contributed by atoms with E-state index in [0.717, 1.165) is 5.39 Å². The molecule has 1 amide bonds. The standard InChI is InChI=1S/C26H21FN2O3/c1-16-21-22(24(32-2)20-9-6-14-28-23(16)20)26(31,18-7-4-3-5-8-18)29(25(21)30)15-17-10-12-19(27)13-11-17/h3-14,31H,15H2,1-2H3. The molecule has 5 nitrogen and oxygen atoms in total. The molecule has 3 aromatic carbocycles. The van der Waals surface area contributed by atoms with Crippen LogP contribution in [0.5, 0.6) is 5.75 Å². The van der Waals surface area contributed by atoms with E-state index in [1.807, 2.05) is 31.2 Å². The lowest BCUT2D eigenvalue weighted by atomic mass is 9.89. The fraction of sp³-hybridized carbons (Fsp3) is 0.154. The number of benzene rings is 3. The lowest BCUT2D eigenvalue weighted by Gasteiger charge is -2.35. The van der Waals surface area contributed by atoms with E-state index in [1.165, 1.54) is 24.1 Å². The molecule has 0 radical (unpaired) electrons. The van der Waals surface area contributed by atoms with E-state index >= 15 is 0 Å². The van der Waals surface area contributed by atoms with Crippen LogP contribution in [0.1, 0.15) is 32.6 Å². The van der Waals surface area contributed by atoms with E-state index in [0.29, 0.717) is 39.1 Å². The van der Waals surface area contributed by atoms with Crippen LogP contribution in [-0.4, -0.2) is 28.0 Å². The quantitative estimate of drug-likeness (QED) is 0.518. The summed E-state index contributed by atoms with van der Waals surface area (Å²) in [5, 5.41) is 13.0. The third kappa shape index (κ3) is 2.80. The maximum atomic E-state index is 13.8. The van der Waals surface area contributed by atoms with E-state index in [4.69, 9.17) is 4.74 Å². The molecule has 1 aliphatic rings. The maximum absolute atomic E-state index is 13.8. The SMILES string of the molecule is COc1c2c(c(C)c3ncccc13)C(=O)N(Cc1ccc(F)cc1)C2(O)c1ccccc1. The Morgan fingerprint density at radius 2 is 1.78 bits per heavy atom. The van der Waals surface area contributed by atoms with Crippen molar-refractivity contribution in [1.29, 1.82) is 0 Å². The number of aliphatic hydroxyl groups is 1. The van der Waals surface area contributed by atoms with Crippen molar-refractivity contribution >= 4 is 16.8 Å². The molecule has 160 valence electrons. The molecule has 4 aromatic rings. The van der Waals surface area contributed by atoms with Crippen molar-refractivity contribution in [2.45, 2.75) is 19.2 Å². The van der Waals surface area contributed by atoms with Gasteiger partial charge in [0.1, 0.15) is 11.6 Å². The van der Waals surface area contributed by atoms with E-state index in [9.17, 15) is 14.3 Å². The van der Waals surface area contributed by atoms with Crippen LogP contribution in [0.25, 0.3) is 10.9 Å². The highest BCUT2D eigenvalue weighted by molar-refractivity contribution is 6.08. The Bertz CT molecular complexity index is 1340. The Hall–Kier alpha value is -3.77. The summed E-state index contributed by atoms with van der Waals surface area (Å²) in [5.74, 6) is -0.285. The molecule has 0 bridgehead atoms. The molecular formula is C26H21FN2O3. The molecule has 1 aromatic heterocycles. The summed E-state index contributed by atoms with van der Waals surface area (Å²) < 4.78 is 19.2. The van der Waals surface area contributed by atoms with E-state index in [-0.39, 0.29) is 18.3 Å². The van der Waals surface area contributed by atoms with Crippen LogP contribution in [0, 0.1) is 12.7 Å². The van der Waals surface area contributed by atoms with Gasteiger partial charge in [0.05, 0.1) is 23.8 Å². The number of carbonyl (C=O) groups is 1. The van der Waals surface area contributed by atoms with Gasteiger partial charge in [-0.05, 0) is 42.3 Å². The second kappa shape index (κ2) is 7.43. The minimum Gasteiger partial charge on any atom is -0.496 e. The van der Waals surface area contributed by atoms with Gasteiger partial charge >= 0.3 is 0 Å². The summed E-state index contributed by atoms with van der Waals surface area (Å²) in [7, 11) is 1.52. The molecule has 0 saturated heterocycles. The van der Waals surface area contributed by atoms with Gasteiger partial charge in [0.2, 0.25) is 0 Å². The molecule has 1 unspecified atom stereocenters. The third-order valence-corrected chi connectivity index (χ3v) is 6.09. The van der Waals surface area contributed by atoms with Crippen LogP contribution < -0.4 is 4.74 Å². The first kappa shape index (κ1) is 20.2. The highest BCUT2D eigenvalue weighted by Crippen LogP contribution is 2.51. The summed E-state index contributed by atoms with van der Waals surface area (Å²) in [6.45, 7) is 1.92. The summed E-state index contributed by atoms with van der Waals surface area (Å²) in [5.41, 5.74) is 1.56. The lowest BCUT2D eigenvalue weighted by molar-refractivity contribution is -0.0552. The number of methoxy groups -OCH3 is 1. The fourth-order valence-electron chi connectivity index (χ4n) is 4.60. The second-order valence-electron chi connectivity index (χ2n) is 7.86. The van der Waals surface area contributed by atoms with Crippen molar-refractivity contribution in [3.05, 3.63) is 107 Å². The molecule has 0 fully saturated rings. The number of hydrogen-bond donors (Lipinski definition) is 1. The monoisotopic (exact) mass is 428 g/mol. The molecule has 5 rings (SSSR count). The molecule has 0 saturated carbocycles. The smallest absolute Gasteiger partial charge is 0.257 e. The topological polar surface area (TPSA) is 62.7 Å². The van der Waals surface area contributed by atoms with E-state index in [1.54, 1.807) is 36.5 Å². The van der Waals surface area contributed by atoms with Crippen molar-refractivity contribution < 1.29 is 19.0 Å². The van der Waals surface area contributed by atoms with Crippen molar-refractivity contribution in [2.75, 3.05) is 7.11 Å². The van der Waals surface area contributed by atoms with E-state index in [2.05, 4.69) is 4.98 Å². The molecule has 1 N–H and O–H groups in total. The number of halogens is 1. The van der Waals surface area contributed by atoms with Gasteiger partial charge in [-0.25, -0.2) is 4.39 Å². The zero-order valence-electron chi connectivity index (χ0n) is 17.7. The number of nitrogens with zero attached hydrogens (tertiary/aromatic N) is 2. The largest absolute Gasteiger partial charge is 0.496 e. The Morgan fingerprint density at radius 3 is 2.47 bits per heavy atom. The van der Waals surface area contributed by atoms with Crippen LogP contribution in [0.2, 0.25) is 0 Å². The van der Waals surface area contributed by atoms with Crippen molar-refractivity contribution in [3.63, 3.8) is 0 Å². The Balaban J connectivity index is 1.82. The van der Waals surface area contributed by atoms with Crippen molar-refractivity contribution in [1.82, 2.24) is 9.88 Å². The number of ether oxygens (including phenoxy) is 1. The summed E-state index contributed by atoms with van der Waals surface area (Å²) >= 11 is 0. The van der Waals surface area contributed by atoms with Crippen LogP contribution in [0.15, 0.2) is 72.9 Å². The minimum absolute atomic E-state index is 0.0888. The summed E-state index contributed by atoms with van der Waals surface area (Å²) in [6.07, 6.45) is 1.67. The predicted octanol–water partition coefficient (Wildman–Crippen LogP) is 4.54. The minimum atomic E-state index is -1.78. The number of pyridine rings is 1. The molecule has 1 aliphatic heterocycles. The molecule has 32 heavy (non-hydrogen) atoms. The number of fused-ring (bicyclic) bond motifs is 2. The van der Waals surface area contributed by atoms with Gasteiger partial charge in [-0.3, -0.25) is 14.7 Å². The Kier molecular flexibility index (Phi) is 4.68. The molecule has 2 heterocycles. The fourth-order valence-corrected chi connectivity index (χ4v) is 4.60. The number of rotatable bonds is 4. The molecule has 0 aliphatic carbocycles. The first-order valence-corrected chi connectivity index (χ1v) is 10.3. The molecule has 1 atom stereocenters. The van der Waals surface area contributed by atoms with Gasteiger partial charge in [-0.1, -0.05) is 42.5 Å². The van der Waals surface area contributed by atoms with E-state index < -0.39 is 5.72 Å². The third-order valence-electron chi connectivity index (χ3n) is 6.09. The second-order valence-corrected chi connectivity index (χ2v) is 7.86. The van der Waals surface area contributed by atoms with Crippen molar-refractivity contribution in [3.8, 4) is 5.75 Å². The summed E-state index contributed by atoms with van der Waals surface area (Å²) in [4.78, 5) is 19.7. The highest BCUT2D eigenvalue weighted by atomic mass is 19.1. The van der Waals surface area contributed by atoms with Gasteiger partial charge in [0, 0.05) is 23.7 Å². The van der Waals surface area contributed by atoms with Crippen LogP contribution in [0.3, 0.4) is 0 Å². The number of aromatic nitrogens is 1. The average molecular weight is 428 g/mol. The zero-order valence-corrected chi connectivity index (χ0v) is 17.7. The zero-order chi connectivity index (χ0) is 22.5. The Morgan fingerprint density at radius 1 is 1.06 bits per heavy atom. The number of carbonyl (C=O) groups excluding carboxylic acids is 1. The number of hydrogen-bond acceptors (Lipinski definition) is 4. The lowest BCUT2D eigenvalue weighted by Crippen LogP contribution is -2.44. The summed E-state index contributed by atoms with van der Waals surface area (Å²) in [6, 6.07) is 18.6. The molecular weight excluding hydrogens is 407 g/mol. The first-order valence-electron chi connectivity index (χ1n) is 10.3. The van der Waals surface area contributed by atoms with Gasteiger partial charge < -0.3 is 9.84 Å². The van der Waals surface area contributed by atoms with Crippen LogP contribution in [-0.2, 0) is 12.3 Å². The maximum Gasteiger partial charge on any atom is 0.257 e. The van der Waals surface area contributed by atoms with Gasteiger partial charge in [-0.2, -0.15) is 0 Å². The van der Waals surface area contributed by atoms with Crippen LogP contribution in [0.4, 0.5) is 4.39 Å². The van der Waals surface area contributed by atoms with Gasteiger partial charge in [-0.15, -0.1) is 0 Å². The van der Waals surface area contributed by atoms with Crippen LogP contribution >= 0.6 is 0 Å².